The fraction of sp³-hybridized carbons (Fsp3) is 0.391. The quantitative estimate of drug-likeness (QED) is 0.617. The van der Waals surface area contributed by atoms with Crippen molar-refractivity contribution < 1.29 is 14.0 Å². The number of benzene rings is 1. The Morgan fingerprint density at radius 3 is 2.63 bits per heavy atom. The fourth-order valence-electron chi connectivity index (χ4n) is 3.29. The largest absolute Gasteiger partial charge is 0.465 e. The summed E-state index contributed by atoms with van der Waals surface area (Å²) in [4.78, 5) is 28.6. The molecule has 7 nitrogen and oxygen atoms in total. The Bertz CT molecular complexity index is 840. The van der Waals surface area contributed by atoms with Crippen molar-refractivity contribution in [3.05, 3.63) is 65.6 Å². The van der Waals surface area contributed by atoms with E-state index in [9.17, 15) is 9.59 Å². The second-order valence-corrected chi connectivity index (χ2v) is 7.57. The summed E-state index contributed by atoms with van der Waals surface area (Å²) in [5.74, 6) is 0.267. The van der Waals surface area contributed by atoms with Gasteiger partial charge in [-0.3, -0.25) is 14.5 Å². The van der Waals surface area contributed by atoms with Gasteiger partial charge in [0.25, 0.3) is 0 Å². The van der Waals surface area contributed by atoms with Crippen LogP contribution in [0.2, 0.25) is 0 Å². The minimum Gasteiger partial charge on any atom is -0.465 e. The molecule has 0 unspecified atom stereocenters. The number of rotatable bonds is 9. The van der Waals surface area contributed by atoms with Gasteiger partial charge in [0, 0.05) is 58.3 Å². The van der Waals surface area contributed by atoms with Crippen LogP contribution in [0, 0.1) is 0 Å². The molecule has 0 bridgehead atoms. The third-order valence-electron chi connectivity index (χ3n) is 5.08. The number of nitrogens with zero attached hydrogens (tertiary/aromatic N) is 2. The molecule has 1 aliphatic rings. The predicted octanol–water partition coefficient (Wildman–Crippen LogP) is 1.86. The van der Waals surface area contributed by atoms with E-state index in [1.165, 1.54) is 11.6 Å². The lowest BCUT2D eigenvalue weighted by Crippen LogP contribution is -2.43. The first-order valence-corrected chi connectivity index (χ1v) is 10.3. The molecule has 30 heavy (non-hydrogen) atoms. The van der Waals surface area contributed by atoms with Crippen LogP contribution in [0.3, 0.4) is 0 Å². The van der Waals surface area contributed by atoms with Gasteiger partial charge < -0.3 is 20.0 Å². The number of piperazine rings is 1. The zero-order valence-corrected chi connectivity index (χ0v) is 17.5. The zero-order chi connectivity index (χ0) is 21.2. The first kappa shape index (κ1) is 21.8. The van der Waals surface area contributed by atoms with E-state index in [-0.39, 0.29) is 24.8 Å². The lowest BCUT2D eigenvalue weighted by Gasteiger charge is -2.32. The van der Waals surface area contributed by atoms with Crippen molar-refractivity contribution in [2.45, 2.75) is 19.5 Å². The minimum absolute atomic E-state index is 0.0882. The molecule has 2 aromatic rings. The lowest BCUT2D eigenvalue weighted by atomic mass is 10.1. The Morgan fingerprint density at radius 2 is 1.87 bits per heavy atom. The van der Waals surface area contributed by atoms with Gasteiger partial charge in [0.2, 0.25) is 11.8 Å². The van der Waals surface area contributed by atoms with Gasteiger partial charge in [-0.05, 0) is 36.4 Å². The molecule has 0 aliphatic carbocycles. The SMILES string of the molecule is CN1CCN(Cc2cccc(CNC(=O)CCNC(=O)/C=C/c3ccco3)c2)CC1. The van der Waals surface area contributed by atoms with Crippen LogP contribution >= 0.6 is 0 Å². The Morgan fingerprint density at radius 1 is 1.07 bits per heavy atom. The third kappa shape index (κ3) is 7.50. The molecule has 1 fully saturated rings. The van der Waals surface area contributed by atoms with Gasteiger partial charge in [-0.2, -0.15) is 0 Å². The number of carbonyl (C=O) groups is 2. The van der Waals surface area contributed by atoms with Gasteiger partial charge in [0.15, 0.2) is 0 Å². The second kappa shape index (κ2) is 11.3. The highest BCUT2D eigenvalue weighted by Crippen LogP contribution is 2.10. The third-order valence-corrected chi connectivity index (χ3v) is 5.08. The molecule has 2 amide bonds. The second-order valence-electron chi connectivity index (χ2n) is 7.57. The first-order chi connectivity index (χ1) is 14.6. The van der Waals surface area contributed by atoms with E-state index in [0.717, 1.165) is 38.3 Å². The molecule has 0 atom stereocenters. The minimum atomic E-state index is -0.254. The van der Waals surface area contributed by atoms with Crippen molar-refractivity contribution in [3.8, 4) is 0 Å². The van der Waals surface area contributed by atoms with Crippen molar-refractivity contribution >= 4 is 17.9 Å². The van der Waals surface area contributed by atoms with E-state index >= 15 is 0 Å². The average molecular weight is 411 g/mol. The number of hydrogen-bond acceptors (Lipinski definition) is 5. The maximum absolute atomic E-state index is 12.1. The smallest absolute Gasteiger partial charge is 0.244 e. The summed E-state index contributed by atoms with van der Waals surface area (Å²) in [5.41, 5.74) is 2.35. The normalized spacial score (nSPS) is 15.4. The highest BCUT2D eigenvalue weighted by molar-refractivity contribution is 5.91. The Kier molecular flexibility index (Phi) is 8.23. The van der Waals surface area contributed by atoms with Gasteiger partial charge in [0.1, 0.15) is 5.76 Å². The monoisotopic (exact) mass is 410 g/mol. The number of furan rings is 1. The summed E-state index contributed by atoms with van der Waals surface area (Å²) in [6.07, 6.45) is 4.76. The summed E-state index contributed by atoms with van der Waals surface area (Å²) < 4.78 is 5.12. The Balaban J connectivity index is 1.34. The van der Waals surface area contributed by atoms with E-state index in [1.807, 2.05) is 12.1 Å². The van der Waals surface area contributed by atoms with Crippen molar-refractivity contribution in [2.75, 3.05) is 39.8 Å². The highest BCUT2D eigenvalue weighted by atomic mass is 16.3. The van der Waals surface area contributed by atoms with Crippen molar-refractivity contribution in [3.63, 3.8) is 0 Å². The van der Waals surface area contributed by atoms with Gasteiger partial charge in [-0.1, -0.05) is 24.3 Å². The first-order valence-electron chi connectivity index (χ1n) is 10.3. The molecule has 0 radical (unpaired) electrons. The predicted molar refractivity (Wildman–Crippen MR) is 116 cm³/mol. The summed E-state index contributed by atoms with van der Waals surface area (Å²) in [5, 5.41) is 5.61. The van der Waals surface area contributed by atoms with Crippen LogP contribution < -0.4 is 10.6 Å². The molecule has 160 valence electrons. The number of carbonyl (C=O) groups excluding carboxylic acids is 2. The molecule has 3 rings (SSSR count). The van der Waals surface area contributed by atoms with Gasteiger partial charge >= 0.3 is 0 Å². The summed E-state index contributed by atoms with van der Waals surface area (Å²) in [7, 11) is 2.16. The van der Waals surface area contributed by atoms with E-state index in [4.69, 9.17) is 4.42 Å². The van der Waals surface area contributed by atoms with E-state index in [1.54, 1.807) is 24.5 Å². The van der Waals surface area contributed by atoms with E-state index < -0.39 is 0 Å². The van der Waals surface area contributed by atoms with E-state index in [0.29, 0.717) is 12.3 Å². The maximum atomic E-state index is 12.1. The standard InChI is InChI=1S/C23H30N4O3/c1-26-11-13-27(14-12-26)18-20-5-2-4-19(16-20)17-25-23(29)9-10-24-22(28)8-7-21-6-3-15-30-21/h2-8,15-16H,9-14,17-18H2,1H3,(H,24,28)(H,25,29)/b8-7+. The molecule has 7 heteroatoms. The number of hydrogen-bond donors (Lipinski definition) is 2. The van der Waals surface area contributed by atoms with Crippen molar-refractivity contribution in [1.82, 2.24) is 20.4 Å². The van der Waals surface area contributed by atoms with Crippen molar-refractivity contribution in [1.29, 1.82) is 0 Å². The Hall–Kier alpha value is -2.90. The summed E-state index contributed by atoms with van der Waals surface area (Å²) in [6.45, 7) is 6.08. The molecular weight excluding hydrogens is 380 g/mol. The fourth-order valence-corrected chi connectivity index (χ4v) is 3.29. The molecule has 1 aromatic heterocycles. The number of amides is 2. The van der Waals surface area contributed by atoms with Crippen LogP contribution in [-0.4, -0.2) is 61.4 Å². The molecule has 1 aromatic carbocycles. The molecule has 1 saturated heterocycles. The highest BCUT2D eigenvalue weighted by Gasteiger charge is 2.14. The molecular formula is C23H30N4O3. The van der Waals surface area contributed by atoms with Crippen LogP contribution in [0.15, 0.2) is 53.2 Å². The molecule has 2 N–H and O–H groups in total. The zero-order valence-electron chi connectivity index (χ0n) is 17.5. The topological polar surface area (TPSA) is 77.8 Å². The van der Waals surface area contributed by atoms with E-state index in [2.05, 4.69) is 39.6 Å². The van der Waals surface area contributed by atoms with Crippen LogP contribution in [0.4, 0.5) is 0 Å². The molecule has 0 spiro atoms. The van der Waals surface area contributed by atoms with Crippen LogP contribution in [0.25, 0.3) is 6.08 Å². The Labute approximate surface area is 177 Å². The number of nitrogens with one attached hydrogen (secondary N) is 2. The average Bonchev–Trinajstić information content (AvgIpc) is 3.26. The van der Waals surface area contributed by atoms with Crippen LogP contribution in [-0.2, 0) is 22.7 Å². The van der Waals surface area contributed by atoms with Gasteiger partial charge in [0.05, 0.1) is 6.26 Å². The van der Waals surface area contributed by atoms with Crippen LogP contribution in [0.1, 0.15) is 23.3 Å². The van der Waals surface area contributed by atoms with Crippen molar-refractivity contribution in [2.24, 2.45) is 0 Å². The summed E-state index contributed by atoms with van der Waals surface area (Å²) >= 11 is 0. The lowest BCUT2D eigenvalue weighted by molar-refractivity contribution is -0.121. The number of likely N-dealkylation sites (N-methyl/N-ethyl adjacent to an activating group) is 1. The summed E-state index contributed by atoms with van der Waals surface area (Å²) in [6, 6.07) is 11.9. The van der Waals surface area contributed by atoms with Gasteiger partial charge in [-0.25, -0.2) is 0 Å². The van der Waals surface area contributed by atoms with Gasteiger partial charge in [-0.15, -0.1) is 0 Å². The maximum Gasteiger partial charge on any atom is 0.244 e. The molecule has 2 heterocycles. The molecule has 0 saturated carbocycles. The van der Waals surface area contributed by atoms with Crippen LogP contribution in [0.5, 0.6) is 0 Å². The molecule has 1 aliphatic heterocycles.